The Labute approximate surface area is 179 Å². The van der Waals surface area contributed by atoms with Gasteiger partial charge in [-0.05, 0) is 29.7 Å². The minimum absolute atomic E-state index is 0. The second kappa shape index (κ2) is 10.7. The van der Waals surface area contributed by atoms with E-state index in [9.17, 15) is 0 Å². The van der Waals surface area contributed by atoms with Crippen molar-refractivity contribution in [1.29, 1.82) is 0 Å². The zero-order valence-corrected chi connectivity index (χ0v) is 18.8. The first kappa shape index (κ1) is 21.7. The van der Waals surface area contributed by atoms with Crippen LogP contribution < -0.4 is 5.32 Å². The van der Waals surface area contributed by atoms with Crippen molar-refractivity contribution in [2.75, 3.05) is 39.8 Å². The van der Waals surface area contributed by atoms with Crippen LogP contribution >= 0.6 is 24.0 Å². The van der Waals surface area contributed by atoms with Crippen LogP contribution in [0.15, 0.2) is 47.7 Å². The third-order valence-electron chi connectivity index (χ3n) is 4.64. The molecule has 0 saturated carbocycles. The highest BCUT2D eigenvalue weighted by Gasteiger charge is 2.19. The van der Waals surface area contributed by atoms with Gasteiger partial charge in [-0.3, -0.25) is 9.89 Å². The van der Waals surface area contributed by atoms with Crippen molar-refractivity contribution in [3.05, 3.63) is 48.3 Å². The zero-order valence-electron chi connectivity index (χ0n) is 16.5. The molecule has 7 heteroatoms. The molecule has 27 heavy (non-hydrogen) atoms. The summed E-state index contributed by atoms with van der Waals surface area (Å²) in [4.78, 5) is 9.38. The monoisotopic (exact) mass is 482 g/mol. The maximum absolute atomic E-state index is 4.48. The molecule has 0 spiro atoms. The number of aromatic nitrogens is 2. The number of aliphatic imine (C=N–C) groups is 1. The van der Waals surface area contributed by atoms with Crippen LogP contribution in [0, 0.1) is 5.92 Å². The van der Waals surface area contributed by atoms with Gasteiger partial charge in [0.2, 0.25) is 0 Å². The number of halogens is 1. The number of guanidine groups is 1. The van der Waals surface area contributed by atoms with Crippen molar-refractivity contribution in [1.82, 2.24) is 24.9 Å². The van der Waals surface area contributed by atoms with E-state index in [2.05, 4.69) is 63.3 Å². The van der Waals surface area contributed by atoms with Gasteiger partial charge in [0.25, 0.3) is 0 Å². The van der Waals surface area contributed by atoms with E-state index in [1.807, 2.05) is 24.0 Å². The molecule has 1 aromatic carbocycles. The van der Waals surface area contributed by atoms with Crippen LogP contribution in [0.5, 0.6) is 0 Å². The standard InChI is InChI=1S/C20H30N6.HI/c1-17(2)16-24-10-12-25(13-11-24)20(21-3)22-15-18-6-4-7-19(14-18)26-9-5-8-23-26;/h4-9,14,17H,10-13,15-16H2,1-3H3,(H,21,22);1H. The summed E-state index contributed by atoms with van der Waals surface area (Å²) in [7, 11) is 1.86. The molecule has 1 aliphatic rings. The number of nitrogens with zero attached hydrogens (tertiary/aromatic N) is 5. The SMILES string of the molecule is CN=C(NCc1cccc(-n2cccn2)c1)N1CCN(CC(C)C)CC1.I. The van der Waals surface area contributed by atoms with E-state index in [1.54, 1.807) is 6.20 Å². The molecule has 0 bridgehead atoms. The van der Waals surface area contributed by atoms with Crippen molar-refractivity contribution in [2.45, 2.75) is 20.4 Å². The number of hydrogen-bond acceptors (Lipinski definition) is 3. The van der Waals surface area contributed by atoms with Gasteiger partial charge in [0.1, 0.15) is 0 Å². The van der Waals surface area contributed by atoms with Crippen molar-refractivity contribution < 1.29 is 0 Å². The van der Waals surface area contributed by atoms with E-state index in [4.69, 9.17) is 0 Å². The molecule has 0 aliphatic carbocycles. The molecule has 148 valence electrons. The van der Waals surface area contributed by atoms with E-state index >= 15 is 0 Å². The Hall–Kier alpha value is -1.61. The first-order chi connectivity index (χ1) is 12.7. The Morgan fingerprint density at radius 1 is 1.19 bits per heavy atom. The maximum atomic E-state index is 4.48. The molecular weight excluding hydrogens is 451 g/mol. The molecule has 0 atom stereocenters. The highest BCUT2D eigenvalue weighted by molar-refractivity contribution is 14.0. The maximum Gasteiger partial charge on any atom is 0.194 e. The van der Waals surface area contributed by atoms with Gasteiger partial charge in [0.15, 0.2) is 5.96 Å². The molecule has 2 heterocycles. The summed E-state index contributed by atoms with van der Waals surface area (Å²) < 4.78 is 1.88. The number of hydrogen-bond donors (Lipinski definition) is 1. The molecule has 2 aromatic rings. The Morgan fingerprint density at radius 2 is 1.96 bits per heavy atom. The molecule has 0 amide bonds. The van der Waals surface area contributed by atoms with Gasteiger partial charge in [0, 0.05) is 58.7 Å². The van der Waals surface area contributed by atoms with Gasteiger partial charge in [0.05, 0.1) is 5.69 Å². The van der Waals surface area contributed by atoms with Crippen molar-refractivity contribution in [2.24, 2.45) is 10.9 Å². The van der Waals surface area contributed by atoms with Crippen LogP contribution in [0.3, 0.4) is 0 Å². The van der Waals surface area contributed by atoms with Crippen molar-refractivity contribution in [3.63, 3.8) is 0 Å². The second-order valence-corrected chi connectivity index (χ2v) is 7.20. The van der Waals surface area contributed by atoms with Crippen LogP contribution in [0.2, 0.25) is 0 Å². The van der Waals surface area contributed by atoms with E-state index in [0.717, 1.165) is 50.3 Å². The lowest BCUT2D eigenvalue weighted by Crippen LogP contribution is -2.52. The predicted molar refractivity (Wildman–Crippen MR) is 122 cm³/mol. The largest absolute Gasteiger partial charge is 0.352 e. The Kier molecular flexibility index (Phi) is 8.56. The first-order valence-corrected chi connectivity index (χ1v) is 9.42. The minimum Gasteiger partial charge on any atom is -0.352 e. The third-order valence-corrected chi connectivity index (χ3v) is 4.64. The van der Waals surface area contributed by atoms with Crippen molar-refractivity contribution >= 4 is 29.9 Å². The lowest BCUT2D eigenvalue weighted by atomic mass is 10.2. The van der Waals surface area contributed by atoms with Crippen LogP contribution in [-0.4, -0.2) is 65.3 Å². The average Bonchev–Trinajstić information content (AvgIpc) is 3.18. The van der Waals surface area contributed by atoms with Gasteiger partial charge >= 0.3 is 0 Å². The van der Waals surface area contributed by atoms with E-state index in [-0.39, 0.29) is 24.0 Å². The van der Waals surface area contributed by atoms with Gasteiger partial charge < -0.3 is 10.2 Å². The van der Waals surface area contributed by atoms with Crippen LogP contribution in [-0.2, 0) is 6.54 Å². The lowest BCUT2D eigenvalue weighted by Gasteiger charge is -2.37. The third kappa shape index (κ3) is 6.21. The molecule has 3 rings (SSSR count). The van der Waals surface area contributed by atoms with Gasteiger partial charge in [-0.15, -0.1) is 24.0 Å². The van der Waals surface area contributed by atoms with Gasteiger partial charge in [-0.1, -0.05) is 26.0 Å². The topological polar surface area (TPSA) is 48.7 Å². The molecule has 0 radical (unpaired) electrons. The summed E-state index contributed by atoms with van der Waals surface area (Å²) in [6.45, 7) is 10.8. The summed E-state index contributed by atoms with van der Waals surface area (Å²) in [5, 5.41) is 7.81. The molecule has 1 fully saturated rings. The summed E-state index contributed by atoms with van der Waals surface area (Å²) >= 11 is 0. The smallest absolute Gasteiger partial charge is 0.194 e. The van der Waals surface area contributed by atoms with E-state index in [1.165, 1.54) is 12.1 Å². The number of rotatable bonds is 5. The Morgan fingerprint density at radius 3 is 2.59 bits per heavy atom. The molecule has 1 aliphatic heterocycles. The van der Waals surface area contributed by atoms with Crippen LogP contribution in [0.1, 0.15) is 19.4 Å². The van der Waals surface area contributed by atoms with E-state index < -0.39 is 0 Å². The van der Waals surface area contributed by atoms with Gasteiger partial charge in [-0.25, -0.2) is 4.68 Å². The lowest BCUT2D eigenvalue weighted by molar-refractivity contribution is 0.164. The highest BCUT2D eigenvalue weighted by atomic mass is 127. The Bertz CT molecular complexity index is 705. The minimum atomic E-state index is 0. The van der Waals surface area contributed by atoms with Crippen molar-refractivity contribution in [3.8, 4) is 5.69 Å². The fourth-order valence-electron chi connectivity index (χ4n) is 3.40. The predicted octanol–water partition coefficient (Wildman–Crippen LogP) is 2.84. The molecule has 1 N–H and O–H groups in total. The molecule has 6 nitrogen and oxygen atoms in total. The Balaban J connectivity index is 0.00000261. The summed E-state index contributed by atoms with van der Waals surface area (Å²) in [6.07, 6.45) is 3.76. The normalized spacial score (nSPS) is 15.7. The summed E-state index contributed by atoms with van der Waals surface area (Å²) in [5.41, 5.74) is 2.30. The summed E-state index contributed by atoms with van der Waals surface area (Å²) in [6, 6.07) is 10.4. The average molecular weight is 482 g/mol. The molecule has 1 aromatic heterocycles. The number of benzene rings is 1. The number of nitrogens with one attached hydrogen (secondary N) is 1. The fraction of sp³-hybridized carbons (Fsp3) is 0.500. The second-order valence-electron chi connectivity index (χ2n) is 7.20. The first-order valence-electron chi connectivity index (χ1n) is 9.42. The van der Waals surface area contributed by atoms with E-state index in [0.29, 0.717) is 0 Å². The quantitative estimate of drug-likeness (QED) is 0.405. The zero-order chi connectivity index (χ0) is 18.4. The summed E-state index contributed by atoms with van der Waals surface area (Å²) in [5.74, 6) is 1.71. The molecule has 1 saturated heterocycles. The fourth-order valence-corrected chi connectivity index (χ4v) is 3.40. The van der Waals surface area contributed by atoms with Crippen LogP contribution in [0.4, 0.5) is 0 Å². The molecular formula is C20H31IN6. The van der Waals surface area contributed by atoms with Crippen LogP contribution in [0.25, 0.3) is 5.69 Å². The molecule has 0 unspecified atom stereocenters. The highest BCUT2D eigenvalue weighted by Crippen LogP contribution is 2.10. The number of piperazine rings is 1. The van der Waals surface area contributed by atoms with Gasteiger partial charge in [-0.2, -0.15) is 5.10 Å².